The Balaban J connectivity index is 1.21. The van der Waals surface area contributed by atoms with Crippen LogP contribution in [-0.2, 0) is 35.5 Å². The van der Waals surface area contributed by atoms with Crippen LogP contribution in [0.2, 0.25) is 5.02 Å². The van der Waals surface area contributed by atoms with Gasteiger partial charge in [-0.2, -0.15) is 0 Å². The van der Waals surface area contributed by atoms with Gasteiger partial charge in [-0.15, -0.1) is 0 Å². The Morgan fingerprint density at radius 3 is 2.53 bits per heavy atom. The molecule has 2 fully saturated rings. The number of piperazine rings is 1. The van der Waals surface area contributed by atoms with Crippen molar-refractivity contribution in [1.29, 1.82) is 0 Å². The molecule has 51 heavy (non-hydrogen) atoms. The smallest absolute Gasteiger partial charge is 0.410 e. The zero-order valence-electron chi connectivity index (χ0n) is 30.0. The van der Waals surface area contributed by atoms with Crippen LogP contribution in [-0.4, -0.2) is 74.6 Å². The van der Waals surface area contributed by atoms with E-state index in [4.69, 9.17) is 21.3 Å². The predicted molar refractivity (Wildman–Crippen MR) is 201 cm³/mol. The van der Waals surface area contributed by atoms with E-state index < -0.39 is 6.04 Å². The number of hydrogen-bond acceptors (Lipinski definition) is 5. The van der Waals surface area contributed by atoms with Gasteiger partial charge in [0, 0.05) is 62.4 Å². The van der Waals surface area contributed by atoms with Crippen LogP contribution in [0.15, 0.2) is 79.1 Å². The maximum atomic E-state index is 15.1. The van der Waals surface area contributed by atoms with Crippen molar-refractivity contribution in [2.24, 2.45) is 0 Å². The Bertz CT molecular complexity index is 1820. The second-order valence-electron chi connectivity index (χ2n) is 14.6. The summed E-state index contributed by atoms with van der Waals surface area (Å²) in [6, 6.07) is 21.8. The Labute approximate surface area is 307 Å². The maximum Gasteiger partial charge on any atom is 0.410 e. The highest BCUT2D eigenvalue weighted by Crippen LogP contribution is 2.38. The van der Waals surface area contributed by atoms with Gasteiger partial charge in [0.2, 0.25) is 5.91 Å². The number of aryl methyl sites for hydroxylation is 5. The first kappa shape index (κ1) is 35.3. The SMILES string of the molecule is Cc1cc(C)n(CCCN(Cc2ccccc2)C(=O)[C@H]2CN([C@H]3c4ccc(Cl)cc4CCc4cccnc43)CCN2C(=O)OC2CCCCC2)c1. The molecule has 2 aliphatic carbocycles. The molecule has 0 radical (unpaired) electrons. The minimum Gasteiger partial charge on any atom is -0.446 e. The van der Waals surface area contributed by atoms with E-state index in [9.17, 15) is 4.79 Å². The first-order chi connectivity index (χ1) is 24.8. The number of pyridine rings is 1. The molecule has 7 rings (SSSR count). The summed E-state index contributed by atoms with van der Waals surface area (Å²) in [6.07, 6.45) is 11.2. The fourth-order valence-corrected chi connectivity index (χ4v) is 8.56. The fraction of sp³-hybridized carbons (Fsp3) is 0.452. The normalized spacial score (nSPS) is 19.5. The van der Waals surface area contributed by atoms with Gasteiger partial charge in [-0.05, 0) is 111 Å². The Kier molecular flexibility index (Phi) is 11.1. The molecule has 1 saturated heterocycles. The Morgan fingerprint density at radius 1 is 0.941 bits per heavy atom. The van der Waals surface area contributed by atoms with Crippen LogP contribution in [0.4, 0.5) is 4.79 Å². The van der Waals surface area contributed by atoms with Gasteiger partial charge in [0.25, 0.3) is 0 Å². The molecule has 3 heterocycles. The number of carbonyl (C=O) groups excluding carboxylic acids is 2. The third-order valence-electron chi connectivity index (χ3n) is 11.0. The summed E-state index contributed by atoms with van der Waals surface area (Å²) in [6.45, 7) is 7.46. The number of amides is 2. The van der Waals surface area contributed by atoms with Crippen LogP contribution in [0.3, 0.4) is 0 Å². The van der Waals surface area contributed by atoms with Crippen molar-refractivity contribution in [3.8, 4) is 0 Å². The molecule has 2 amide bonds. The number of aromatic nitrogens is 2. The van der Waals surface area contributed by atoms with Gasteiger partial charge in [0.05, 0.1) is 11.7 Å². The average Bonchev–Trinajstić information content (AvgIpc) is 3.37. The lowest BCUT2D eigenvalue weighted by atomic mass is 9.95. The molecule has 3 aliphatic rings. The molecule has 9 heteroatoms. The summed E-state index contributed by atoms with van der Waals surface area (Å²) in [7, 11) is 0. The summed E-state index contributed by atoms with van der Waals surface area (Å²) in [5.74, 6) is -0.0456. The van der Waals surface area contributed by atoms with Crippen molar-refractivity contribution >= 4 is 23.6 Å². The summed E-state index contributed by atoms with van der Waals surface area (Å²) in [4.78, 5) is 40.1. The van der Waals surface area contributed by atoms with E-state index in [0.29, 0.717) is 32.7 Å². The number of halogens is 1. The summed E-state index contributed by atoms with van der Waals surface area (Å²) in [5.41, 5.74) is 8.10. The largest absolute Gasteiger partial charge is 0.446 e. The minimum atomic E-state index is -0.708. The van der Waals surface area contributed by atoms with Crippen molar-refractivity contribution in [2.75, 3.05) is 26.2 Å². The number of nitrogens with zero attached hydrogens (tertiary/aromatic N) is 5. The number of fused-ring (bicyclic) bond motifs is 2. The summed E-state index contributed by atoms with van der Waals surface area (Å²) >= 11 is 6.53. The van der Waals surface area contributed by atoms with Gasteiger partial charge in [-0.25, -0.2) is 4.79 Å². The molecule has 0 spiro atoms. The third kappa shape index (κ3) is 8.18. The molecule has 4 aromatic rings. The van der Waals surface area contributed by atoms with E-state index in [2.05, 4.69) is 65.9 Å². The van der Waals surface area contributed by atoms with Crippen molar-refractivity contribution in [3.63, 3.8) is 0 Å². The average molecular weight is 708 g/mol. The van der Waals surface area contributed by atoms with Gasteiger partial charge < -0.3 is 14.2 Å². The summed E-state index contributed by atoms with van der Waals surface area (Å²) in [5, 5.41) is 0.719. The molecule has 268 valence electrons. The van der Waals surface area contributed by atoms with E-state index in [1.807, 2.05) is 41.4 Å². The van der Waals surface area contributed by atoms with Crippen LogP contribution < -0.4 is 0 Å². The van der Waals surface area contributed by atoms with Crippen LogP contribution >= 0.6 is 11.6 Å². The second kappa shape index (κ2) is 16.0. The highest BCUT2D eigenvalue weighted by molar-refractivity contribution is 6.30. The maximum absolute atomic E-state index is 15.1. The quantitative estimate of drug-likeness (QED) is 0.177. The lowest BCUT2D eigenvalue weighted by molar-refractivity contribution is -0.140. The number of rotatable bonds is 9. The van der Waals surface area contributed by atoms with Crippen molar-refractivity contribution in [3.05, 3.63) is 123 Å². The first-order valence-electron chi connectivity index (χ1n) is 18.7. The molecular formula is C42H50ClN5O3. The molecule has 0 bridgehead atoms. The zero-order valence-corrected chi connectivity index (χ0v) is 30.7. The number of carbonyl (C=O) groups is 2. The lowest BCUT2D eigenvalue weighted by Gasteiger charge is -2.45. The topological polar surface area (TPSA) is 70.9 Å². The van der Waals surface area contributed by atoms with E-state index >= 15 is 4.79 Å². The fourth-order valence-electron chi connectivity index (χ4n) is 8.37. The molecule has 0 N–H and O–H groups in total. The van der Waals surface area contributed by atoms with Crippen LogP contribution in [0.1, 0.15) is 83.8 Å². The molecule has 2 atom stereocenters. The van der Waals surface area contributed by atoms with E-state index in [1.165, 1.54) is 34.4 Å². The van der Waals surface area contributed by atoms with Crippen LogP contribution in [0.25, 0.3) is 0 Å². The van der Waals surface area contributed by atoms with E-state index in [1.54, 1.807) is 4.90 Å². The number of ether oxygens (including phenoxy) is 1. The second-order valence-corrected chi connectivity index (χ2v) is 15.0. The Morgan fingerprint density at radius 2 is 1.75 bits per heavy atom. The summed E-state index contributed by atoms with van der Waals surface area (Å²) < 4.78 is 8.42. The molecule has 8 nitrogen and oxygen atoms in total. The van der Waals surface area contributed by atoms with Crippen molar-refractivity contribution in [2.45, 2.75) is 96.5 Å². The van der Waals surface area contributed by atoms with Crippen LogP contribution in [0, 0.1) is 13.8 Å². The molecule has 0 unspecified atom stereocenters. The molecule has 1 aliphatic heterocycles. The van der Waals surface area contributed by atoms with Crippen LogP contribution in [0.5, 0.6) is 0 Å². The van der Waals surface area contributed by atoms with Gasteiger partial charge in [0.15, 0.2) is 0 Å². The van der Waals surface area contributed by atoms with Gasteiger partial charge in [-0.1, -0.05) is 60.5 Å². The van der Waals surface area contributed by atoms with Gasteiger partial charge in [0.1, 0.15) is 12.1 Å². The third-order valence-corrected chi connectivity index (χ3v) is 11.2. The Hall–Kier alpha value is -4.14. The number of benzene rings is 2. The monoisotopic (exact) mass is 707 g/mol. The van der Waals surface area contributed by atoms with Crippen molar-refractivity contribution in [1.82, 2.24) is 24.3 Å². The van der Waals surface area contributed by atoms with Crippen molar-refractivity contribution < 1.29 is 14.3 Å². The molecular weight excluding hydrogens is 658 g/mol. The molecule has 1 saturated carbocycles. The molecule has 2 aromatic heterocycles. The molecule has 2 aromatic carbocycles. The number of hydrogen-bond donors (Lipinski definition) is 0. The van der Waals surface area contributed by atoms with Gasteiger partial charge in [-0.3, -0.25) is 19.6 Å². The van der Waals surface area contributed by atoms with E-state index in [-0.39, 0.29) is 24.1 Å². The lowest BCUT2D eigenvalue weighted by Crippen LogP contribution is -2.62. The zero-order chi connectivity index (χ0) is 35.3. The first-order valence-corrected chi connectivity index (χ1v) is 19.1. The van der Waals surface area contributed by atoms with E-state index in [0.717, 1.165) is 67.8 Å². The highest BCUT2D eigenvalue weighted by Gasteiger charge is 2.42. The standard InChI is InChI=1S/C42H50ClN5O3/c1-30-25-31(2)45(27-30)21-10-22-47(28-32-11-5-3-6-12-32)41(49)38-29-46(23-24-48(38)42(50)51-36-14-7-4-8-15-36)40-37-19-18-35(43)26-34(37)17-16-33-13-9-20-44-39(33)40/h3,5-6,9,11-13,18-20,25-27,36,38,40H,4,7-8,10,14-17,21-24,28-29H2,1-2H3/t38-,40+/m1/s1. The minimum absolute atomic E-state index is 0.0456. The highest BCUT2D eigenvalue weighted by atomic mass is 35.5. The predicted octanol–water partition coefficient (Wildman–Crippen LogP) is 7.92. The van der Waals surface area contributed by atoms with Gasteiger partial charge >= 0.3 is 6.09 Å².